The number of hydrogen-bond donors (Lipinski definition) is 0. The Morgan fingerprint density at radius 1 is 0.789 bits per heavy atom. The highest BCUT2D eigenvalue weighted by Gasteiger charge is 2.36. The fourth-order valence-electron chi connectivity index (χ4n) is 3.78. The van der Waals surface area contributed by atoms with Crippen molar-refractivity contribution in [1.82, 2.24) is 0 Å². The van der Waals surface area contributed by atoms with E-state index in [2.05, 4.69) is 36.4 Å². The molecular formula is C18H16O. The smallest absolute Gasteiger partial charge is 0.163 e. The first kappa shape index (κ1) is 11.0. The lowest BCUT2D eigenvalue weighted by Gasteiger charge is -2.37. The van der Waals surface area contributed by atoms with Gasteiger partial charge in [0, 0.05) is 12.0 Å². The van der Waals surface area contributed by atoms with Crippen molar-refractivity contribution in [2.75, 3.05) is 0 Å². The van der Waals surface area contributed by atoms with Gasteiger partial charge in [-0.1, -0.05) is 48.5 Å². The van der Waals surface area contributed by atoms with Gasteiger partial charge >= 0.3 is 0 Å². The summed E-state index contributed by atoms with van der Waals surface area (Å²) in [6.07, 6.45) is 2.86. The normalized spacial score (nSPS) is 24.3. The second-order valence-electron chi connectivity index (χ2n) is 5.76. The van der Waals surface area contributed by atoms with E-state index < -0.39 is 0 Å². The van der Waals surface area contributed by atoms with E-state index >= 15 is 0 Å². The molecular weight excluding hydrogens is 232 g/mol. The van der Waals surface area contributed by atoms with Crippen molar-refractivity contribution in [1.29, 1.82) is 0 Å². The molecule has 0 radical (unpaired) electrons. The summed E-state index contributed by atoms with van der Waals surface area (Å²) in [5.74, 6) is 1.36. The van der Waals surface area contributed by atoms with E-state index in [1.165, 1.54) is 16.7 Å². The van der Waals surface area contributed by atoms with Crippen LogP contribution >= 0.6 is 0 Å². The number of Topliss-reactive ketones (excluding diaryl/α,β-unsaturated/α-hetero) is 1. The average Bonchev–Trinajstić information content (AvgIpc) is 2.46. The van der Waals surface area contributed by atoms with Gasteiger partial charge < -0.3 is 0 Å². The van der Waals surface area contributed by atoms with Crippen LogP contribution in [0.25, 0.3) is 0 Å². The van der Waals surface area contributed by atoms with E-state index in [-0.39, 0.29) is 0 Å². The summed E-state index contributed by atoms with van der Waals surface area (Å²) in [4.78, 5) is 12.3. The molecule has 0 heterocycles. The molecule has 2 aliphatic carbocycles. The van der Waals surface area contributed by atoms with Gasteiger partial charge in [0.15, 0.2) is 5.78 Å². The SMILES string of the molecule is O=C1CC2Cc3ccccc3CC2c2ccccc21. The molecule has 0 amide bonds. The highest BCUT2D eigenvalue weighted by Crippen LogP contribution is 2.43. The van der Waals surface area contributed by atoms with Crippen LogP contribution in [-0.2, 0) is 12.8 Å². The molecule has 0 saturated heterocycles. The van der Waals surface area contributed by atoms with Crippen LogP contribution in [0.15, 0.2) is 48.5 Å². The zero-order valence-electron chi connectivity index (χ0n) is 10.8. The maximum Gasteiger partial charge on any atom is 0.163 e. The van der Waals surface area contributed by atoms with Gasteiger partial charge in [-0.25, -0.2) is 0 Å². The van der Waals surface area contributed by atoms with Crippen molar-refractivity contribution >= 4 is 5.78 Å². The Bertz CT molecular complexity index is 656. The van der Waals surface area contributed by atoms with E-state index in [0.717, 1.165) is 24.8 Å². The molecule has 2 unspecified atom stereocenters. The van der Waals surface area contributed by atoms with Crippen LogP contribution in [0.1, 0.15) is 39.4 Å². The molecule has 2 aromatic carbocycles. The zero-order chi connectivity index (χ0) is 12.8. The third kappa shape index (κ3) is 1.65. The van der Waals surface area contributed by atoms with Crippen LogP contribution < -0.4 is 0 Å². The van der Waals surface area contributed by atoms with Crippen LogP contribution in [0.5, 0.6) is 0 Å². The predicted molar refractivity (Wildman–Crippen MR) is 75.5 cm³/mol. The lowest BCUT2D eigenvalue weighted by Crippen LogP contribution is -2.31. The van der Waals surface area contributed by atoms with Gasteiger partial charge in [0.1, 0.15) is 0 Å². The summed E-state index contributed by atoms with van der Waals surface area (Å²) >= 11 is 0. The van der Waals surface area contributed by atoms with Gasteiger partial charge in [-0.2, -0.15) is 0 Å². The first-order valence-corrected chi connectivity index (χ1v) is 7.02. The molecule has 2 aromatic rings. The molecule has 0 spiro atoms. The second kappa shape index (κ2) is 4.06. The summed E-state index contributed by atoms with van der Waals surface area (Å²) in [7, 11) is 0. The lowest BCUT2D eigenvalue weighted by molar-refractivity contribution is 0.0933. The molecule has 4 rings (SSSR count). The van der Waals surface area contributed by atoms with E-state index in [1.807, 2.05) is 12.1 Å². The van der Waals surface area contributed by atoms with Gasteiger partial charge in [-0.15, -0.1) is 0 Å². The summed E-state index contributed by atoms with van der Waals surface area (Å²) in [6, 6.07) is 16.9. The van der Waals surface area contributed by atoms with Crippen LogP contribution in [0.3, 0.4) is 0 Å². The standard InChI is InChI=1S/C18H16O/c19-18-11-14-9-12-5-1-2-6-13(12)10-17(14)15-7-3-4-8-16(15)18/h1-8,14,17H,9-11H2. The fraction of sp³-hybridized carbons (Fsp3) is 0.278. The Labute approximate surface area is 113 Å². The van der Waals surface area contributed by atoms with Crippen molar-refractivity contribution in [3.05, 3.63) is 70.8 Å². The van der Waals surface area contributed by atoms with E-state index in [1.54, 1.807) is 0 Å². The highest BCUT2D eigenvalue weighted by molar-refractivity contribution is 5.99. The van der Waals surface area contributed by atoms with Crippen LogP contribution in [0.2, 0.25) is 0 Å². The zero-order valence-corrected chi connectivity index (χ0v) is 10.8. The number of carbonyl (C=O) groups excluding carboxylic acids is 1. The first-order valence-electron chi connectivity index (χ1n) is 7.02. The number of ketones is 1. The molecule has 19 heavy (non-hydrogen) atoms. The molecule has 1 heteroatoms. The van der Waals surface area contributed by atoms with Crippen molar-refractivity contribution in [2.24, 2.45) is 5.92 Å². The number of carbonyl (C=O) groups is 1. The minimum atomic E-state index is 0.330. The van der Waals surface area contributed by atoms with Gasteiger partial charge in [-0.3, -0.25) is 4.79 Å². The molecule has 0 fully saturated rings. The Kier molecular flexibility index (Phi) is 2.34. The minimum absolute atomic E-state index is 0.330. The maximum atomic E-state index is 12.3. The molecule has 94 valence electrons. The fourth-order valence-corrected chi connectivity index (χ4v) is 3.78. The molecule has 0 N–H and O–H groups in total. The Hall–Kier alpha value is -1.89. The van der Waals surface area contributed by atoms with Crippen LogP contribution in [0, 0.1) is 5.92 Å². The Morgan fingerprint density at radius 3 is 2.32 bits per heavy atom. The van der Waals surface area contributed by atoms with Crippen LogP contribution in [0.4, 0.5) is 0 Å². The molecule has 0 aliphatic heterocycles. The van der Waals surface area contributed by atoms with Gasteiger partial charge in [0.25, 0.3) is 0 Å². The van der Waals surface area contributed by atoms with Crippen molar-refractivity contribution in [3.8, 4) is 0 Å². The minimum Gasteiger partial charge on any atom is -0.294 e. The molecule has 0 bridgehead atoms. The quantitative estimate of drug-likeness (QED) is 0.693. The topological polar surface area (TPSA) is 17.1 Å². The average molecular weight is 248 g/mol. The monoisotopic (exact) mass is 248 g/mol. The van der Waals surface area contributed by atoms with Gasteiger partial charge in [0.2, 0.25) is 0 Å². The van der Waals surface area contributed by atoms with Crippen molar-refractivity contribution in [3.63, 3.8) is 0 Å². The summed E-state index contributed by atoms with van der Waals surface area (Å²) < 4.78 is 0. The molecule has 1 nitrogen and oxygen atoms in total. The third-order valence-corrected chi connectivity index (χ3v) is 4.72. The molecule has 0 saturated carbocycles. The van der Waals surface area contributed by atoms with E-state index in [0.29, 0.717) is 17.6 Å². The van der Waals surface area contributed by atoms with Gasteiger partial charge in [0.05, 0.1) is 0 Å². The summed E-state index contributed by atoms with van der Waals surface area (Å²) in [6.45, 7) is 0. The molecule has 2 atom stereocenters. The lowest BCUT2D eigenvalue weighted by atomic mass is 9.66. The molecule has 0 aromatic heterocycles. The maximum absolute atomic E-state index is 12.3. The number of rotatable bonds is 0. The third-order valence-electron chi connectivity index (χ3n) is 4.72. The number of hydrogen-bond acceptors (Lipinski definition) is 1. The second-order valence-corrected chi connectivity index (χ2v) is 5.76. The summed E-state index contributed by atoms with van der Waals surface area (Å²) in [5, 5.41) is 0. The first-order chi connectivity index (χ1) is 9.33. The Balaban J connectivity index is 1.83. The number of fused-ring (bicyclic) bond motifs is 4. The van der Waals surface area contributed by atoms with Gasteiger partial charge in [-0.05, 0) is 41.4 Å². The van der Waals surface area contributed by atoms with E-state index in [4.69, 9.17) is 0 Å². The molecule has 2 aliphatic rings. The largest absolute Gasteiger partial charge is 0.294 e. The number of benzene rings is 2. The van der Waals surface area contributed by atoms with Crippen molar-refractivity contribution < 1.29 is 4.79 Å². The van der Waals surface area contributed by atoms with Crippen molar-refractivity contribution in [2.45, 2.75) is 25.2 Å². The van der Waals surface area contributed by atoms with Crippen LogP contribution in [-0.4, -0.2) is 5.78 Å². The predicted octanol–water partition coefficient (Wildman–Crippen LogP) is 3.77. The summed E-state index contributed by atoms with van der Waals surface area (Å²) in [5.41, 5.74) is 5.14. The highest BCUT2D eigenvalue weighted by atomic mass is 16.1. The van der Waals surface area contributed by atoms with E-state index in [9.17, 15) is 4.79 Å². The Morgan fingerprint density at radius 2 is 1.47 bits per heavy atom.